The van der Waals surface area contributed by atoms with Crippen LogP contribution in [0.4, 0.5) is 0 Å². The lowest BCUT2D eigenvalue weighted by Crippen LogP contribution is -3.13. The summed E-state index contributed by atoms with van der Waals surface area (Å²) in [4.78, 5) is 1.48. The van der Waals surface area contributed by atoms with Gasteiger partial charge in [0.2, 0.25) is 10.0 Å². The second-order valence-corrected chi connectivity index (χ2v) is 7.64. The Labute approximate surface area is 113 Å². The third-order valence-electron chi connectivity index (χ3n) is 3.32. The Morgan fingerprint density at radius 1 is 1.39 bits per heavy atom. The second kappa shape index (κ2) is 6.14. The molecule has 0 saturated carbocycles. The van der Waals surface area contributed by atoms with Gasteiger partial charge in [0.1, 0.15) is 6.54 Å². The average Bonchev–Trinajstić information content (AvgIpc) is 2.82. The number of piperazine rings is 1. The van der Waals surface area contributed by atoms with Crippen LogP contribution in [0.15, 0.2) is 16.8 Å². The van der Waals surface area contributed by atoms with E-state index in [1.54, 1.807) is 15.6 Å². The molecular weight excluding hydrogens is 268 g/mol. The van der Waals surface area contributed by atoms with Crippen molar-refractivity contribution < 1.29 is 13.3 Å². The molecular formula is C12H21N2O2S2+. The predicted octanol–water partition coefficient (Wildman–Crippen LogP) is 0.188. The molecule has 1 aromatic rings. The summed E-state index contributed by atoms with van der Waals surface area (Å²) < 4.78 is 25.5. The summed E-state index contributed by atoms with van der Waals surface area (Å²) in [5.41, 5.74) is 1.36. The summed E-state index contributed by atoms with van der Waals surface area (Å²) in [5.74, 6) is 0.285. The van der Waals surface area contributed by atoms with Gasteiger partial charge in [0.15, 0.2) is 0 Å². The molecule has 0 unspecified atom stereocenters. The number of rotatable bonds is 5. The van der Waals surface area contributed by atoms with E-state index in [2.05, 4.69) is 16.8 Å². The fourth-order valence-corrected chi connectivity index (χ4v) is 4.51. The molecule has 102 valence electrons. The molecule has 1 aliphatic rings. The second-order valence-electron chi connectivity index (χ2n) is 4.77. The molecule has 2 heterocycles. The van der Waals surface area contributed by atoms with Gasteiger partial charge in [0, 0.05) is 5.56 Å². The Kier molecular flexibility index (Phi) is 4.77. The highest BCUT2D eigenvalue weighted by Crippen LogP contribution is 2.06. The Morgan fingerprint density at radius 3 is 2.67 bits per heavy atom. The number of hydrogen-bond acceptors (Lipinski definition) is 3. The third-order valence-corrected chi connectivity index (χ3v) is 6.13. The first-order valence-electron chi connectivity index (χ1n) is 6.44. The fraction of sp³-hybridized carbons (Fsp3) is 0.667. The fourth-order valence-electron chi connectivity index (χ4n) is 2.33. The highest BCUT2D eigenvalue weighted by atomic mass is 32.2. The highest BCUT2D eigenvalue weighted by Gasteiger charge is 2.28. The molecule has 0 radical (unpaired) electrons. The Hall–Kier alpha value is -0.430. The molecule has 0 atom stereocenters. The standard InChI is InChI=1S/C12H20N2O2S2/c1-2-9-18(15,16)14-6-4-13(5-7-14)10-12-3-8-17-11-12/h3,8,11H,2,4-7,9-10H2,1H3/p+1. The van der Waals surface area contributed by atoms with Gasteiger partial charge in [0.25, 0.3) is 0 Å². The lowest BCUT2D eigenvalue weighted by Gasteiger charge is -2.31. The van der Waals surface area contributed by atoms with Crippen molar-refractivity contribution >= 4 is 21.4 Å². The Morgan fingerprint density at radius 2 is 2.11 bits per heavy atom. The number of hydrogen-bond donors (Lipinski definition) is 1. The van der Waals surface area contributed by atoms with Gasteiger partial charge in [-0.3, -0.25) is 0 Å². The molecule has 1 aliphatic heterocycles. The molecule has 1 saturated heterocycles. The van der Waals surface area contributed by atoms with Crippen molar-refractivity contribution in [3.05, 3.63) is 22.4 Å². The van der Waals surface area contributed by atoms with Crippen LogP contribution in [0.2, 0.25) is 0 Å². The van der Waals surface area contributed by atoms with Gasteiger partial charge in [-0.05, 0) is 23.2 Å². The molecule has 1 fully saturated rings. The summed E-state index contributed by atoms with van der Waals surface area (Å²) in [6.07, 6.45) is 0.699. The van der Waals surface area contributed by atoms with Gasteiger partial charge in [-0.25, -0.2) is 8.42 Å². The van der Waals surface area contributed by atoms with E-state index in [0.717, 1.165) is 19.6 Å². The Balaban J connectivity index is 1.84. The van der Waals surface area contributed by atoms with Gasteiger partial charge in [0.05, 0.1) is 31.9 Å². The molecule has 1 aromatic heterocycles. The quantitative estimate of drug-likeness (QED) is 0.841. The minimum absolute atomic E-state index is 0.285. The van der Waals surface area contributed by atoms with Gasteiger partial charge < -0.3 is 4.90 Å². The topological polar surface area (TPSA) is 41.8 Å². The maximum absolute atomic E-state index is 11.9. The van der Waals surface area contributed by atoms with Crippen LogP contribution in [0.5, 0.6) is 0 Å². The summed E-state index contributed by atoms with van der Waals surface area (Å²) in [6, 6.07) is 2.15. The zero-order valence-electron chi connectivity index (χ0n) is 10.8. The van der Waals surface area contributed by atoms with Gasteiger partial charge in [-0.2, -0.15) is 15.6 Å². The van der Waals surface area contributed by atoms with E-state index in [0.29, 0.717) is 19.5 Å². The number of nitrogens with one attached hydrogen (secondary N) is 1. The van der Waals surface area contributed by atoms with Crippen molar-refractivity contribution in [1.82, 2.24) is 4.31 Å². The van der Waals surface area contributed by atoms with E-state index in [4.69, 9.17) is 0 Å². The van der Waals surface area contributed by atoms with Crippen molar-refractivity contribution in [1.29, 1.82) is 0 Å². The minimum Gasteiger partial charge on any atom is -0.329 e. The molecule has 1 N–H and O–H groups in total. The zero-order chi connectivity index (χ0) is 13.0. The van der Waals surface area contributed by atoms with Crippen molar-refractivity contribution in [2.75, 3.05) is 31.9 Å². The first-order chi connectivity index (χ1) is 8.62. The van der Waals surface area contributed by atoms with E-state index in [1.165, 1.54) is 10.5 Å². The Bertz CT molecular complexity index is 448. The number of thiophene rings is 1. The van der Waals surface area contributed by atoms with Crippen molar-refractivity contribution in [3.8, 4) is 0 Å². The average molecular weight is 289 g/mol. The van der Waals surface area contributed by atoms with Crippen molar-refractivity contribution in [2.45, 2.75) is 19.9 Å². The minimum atomic E-state index is -3.00. The van der Waals surface area contributed by atoms with E-state index in [9.17, 15) is 8.42 Å². The van der Waals surface area contributed by atoms with Crippen LogP contribution in [0.25, 0.3) is 0 Å². The van der Waals surface area contributed by atoms with E-state index < -0.39 is 10.0 Å². The first-order valence-corrected chi connectivity index (χ1v) is 8.99. The normalized spacial score (nSPS) is 19.2. The molecule has 0 aromatic carbocycles. The number of quaternary nitrogens is 1. The van der Waals surface area contributed by atoms with Crippen LogP contribution in [0, 0.1) is 0 Å². The van der Waals surface area contributed by atoms with E-state index in [-0.39, 0.29) is 5.75 Å². The molecule has 0 spiro atoms. The zero-order valence-corrected chi connectivity index (χ0v) is 12.4. The smallest absolute Gasteiger partial charge is 0.214 e. The van der Waals surface area contributed by atoms with Gasteiger partial charge in [-0.1, -0.05) is 6.92 Å². The summed E-state index contributed by atoms with van der Waals surface area (Å²) in [6.45, 7) is 6.10. The maximum atomic E-state index is 11.9. The molecule has 4 nitrogen and oxygen atoms in total. The SMILES string of the molecule is CCCS(=O)(=O)N1CC[NH+](Cc2ccsc2)CC1. The molecule has 6 heteroatoms. The predicted molar refractivity (Wildman–Crippen MR) is 74.4 cm³/mol. The summed E-state index contributed by atoms with van der Waals surface area (Å²) in [5, 5.41) is 4.27. The molecule has 0 amide bonds. The number of sulfonamides is 1. The third kappa shape index (κ3) is 3.54. The molecule has 18 heavy (non-hydrogen) atoms. The van der Waals surface area contributed by atoms with Gasteiger partial charge in [-0.15, -0.1) is 0 Å². The summed E-state index contributed by atoms with van der Waals surface area (Å²) >= 11 is 1.72. The molecule has 0 aliphatic carbocycles. The number of nitrogens with zero attached hydrogens (tertiary/aromatic N) is 1. The van der Waals surface area contributed by atoms with E-state index in [1.807, 2.05) is 6.92 Å². The summed E-state index contributed by atoms with van der Waals surface area (Å²) in [7, 11) is -3.00. The monoisotopic (exact) mass is 289 g/mol. The van der Waals surface area contributed by atoms with Crippen LogP contribution in [-0.4, -0.2) is 44.7 Å². The van der Waals surface area contributed by atoms with Gasteiger partial charge >= 0.3 is 0 Å². The lowest BCUT2D eigenvalue weighted by molar-refractivity contribution is -0.917. The maximum Gasteiger partial charge on any atom is 0.214 e. The van der Waals surface area contributed by atoms with Crippen molar-refractivity contribution in [3.63, 3.8) is 0 Å². The molecule has 2 rings (SSSR count). The van der Waals surface area contributed by atoms with Crippen LogP contribution >= 0.6 is 11.3 Å². The van der Waals surface area contributed by atoms with E-state index >= 15 is 0 Å². The van der Waals surface area contributed by atoms with Crippen molar-refractivity contribution in [2.24, 2.45) is 0 Å². The first kappa shape index (κ1) is 14.0. The lowest BCUT2D eigenvalue weighted by atomic mass is 10.3. The van der Waals surface area contributed by atoms with Crippen LogP contribution in [0.1, 0.15) is 18.9 Å². The largest absolute Gasteiger partial charge is 0.329 e. The highest BCUT2D eigenvalue weighted by molar-refractivity contribution is 7.89. The molecule has 0 bridgehead atoms. The van der Waals surface area contributed by atoms with Crippen LogP contribution < -0.4 is 4.90 Å². The van der Waals surface area contributed by atoms with Crippen LogP contribution in [-0.2, 0) is 16.6 Å². The van der Waals surface area contributed by atoms with Crippen LogP contribution in [0.3, 0.4) is 0 Å².